The van der Waals surface area contributed by atoms with Gasteiger partial charge in [-0.1, -0.05) is 42.5 Å². The van der Waals surface area contributed by atoms with Gasteiger partial charge in [0.25, 0.3) is 0 Å². The summed E-state index contributed by atoms with van der Waals surface area (Å²) in [5.41, 5.74) is -2.56. The van der Waals surface area contributed by atoms with Gasteiger partial charge < -0.3 is 14.6 Å². The molecule has 0 spiro atoms. The van der Waals surface area contributed by atoms with E-state index in [0.717, 1.165) is 27.1 Å². The molecule has 0 fully saturated rings. The van der Waals surface area contributed by atoms with Gasteiger partial charge in [-0.25, -0.2) is 4.98 Å². The molecule has 0 saturated heterocycles. The van der Waals surface area contributed by atoms with Crippen LogP contribution >= 0.6 is 0 Å². The van der Waals surface area contributed by atoms with Gasteiger partial charge in [-0.15, -0.1) is 0 Å². The van der Waals surface area contributed by atoms with Crippen LogP contribution in [0.15, 0.2) is 54.9 Å². The van der Waals surface area contributed by atoms with E-state index in [-0.39, 0.29) is 6.54 Å². The standard InChI is InChI=1S/C20H20F3N3O2/c1-25-11-10-24-18(25)19(28,20(21,22)23)12-17(27)26(2)13-15-8-5-7-14-6-3-4-9-16(14)15/h3-11,28H,12-13H2,1-2H3. The van der Waals surface area contributed by atoms with Crippen molar-refractivity contribution in [3.63, 3.8) is 0 Å². The first-order chi connectivity index (χ1) is 13.1. The maximum atomic E-state index is 13.6. The highest BCUT2D eigenvalue weighted by Crippen LogP contribution is 2.41. The molecule has 0 aliphatic rings. The Balaban J connectivity index is 1.85. The van der Waals surface area contributed by atoms with E-state index in [0.29, 0.717) is 0 Å². The van der Waals surface area contributed by atoms with Crippen molar-refractivity contribution >= 4 is 16.7 Å². The fourth-order valence-electron chi connectivity index (χ4n) is 3.20. The second-order valence-electron chi connectivity index (χ2n) is 6.78. The predicted octanol–water partition coefficient (Wildman–Crippen LogP) is 3.37. The highest BCUT2D eigenvalue weighted by atomic mass is 19.4. The molecular formula is C20H20F3N3O2. The fourth-order valence-corrected chi connectivity index (χ4v) is 3.20. The number of hydrogen-bond acceptors (Lipinski definition) is 3. The Kier molecular flexibility index (Phi) is 5.16. The van der Waals surface area contributed by atoms with Crippen LogP contribution in [0.2, 0.25) is 0 Å². The van der Waals surface area contributed by atoms with Gasteiger partial charge in [0.1, 0.15) is 0 Å². The van der Waals surface area contributed by atoms with E-state index in [2.05, 4.69) is 4.98 Å². The van der Waals surface area contributed by atoms with Crippen LogP contribution in [0, 0.1) is 0 Å². The molecule has 0 radical (unpaired) electrons. The summed E-state index contributed by atoms with van der Waals surface area (Å²) in [6.07, 6.45) is -3.77. The zero-order valence-corrected chi connectivity index (χ0v) is 15.4. The molecule has 8 heteroatoms. The highest BCUT2D eigenvalue weighted by molar-refractivity contribution is 5.86. The maximum absolute atomic E-state index is 13.6. The largest absolute Gasteiger partial charge is 0.425 e. The van der Waals surface area contributed by atoms with E-state index in [4.69, 9.17) is 0 Å². The third-order valence-electron chi connectivity index (χ3n) is 4.78. The van der Waals surface area contributed by atoms with E-state index in [1.54, 1.807) is 0 Å². The lowest BCUT2D eigenvalue weighted by Crippen LogP contribution is -2.48. The number of fused-ring (bicyclic) bond motifs is 1. The van der Waals surface area contributed by atoms with Crippen LogP contribution in [0.4, 0.5) is 13.2 Å². The monoisotopic (exact) mass is 391 g/mol. The number of benzene rings is 2. The van der Waals surface area contributed by atoms with Crippen molar-refractivity contribution in [1.29, 1.82) is 0 Å². The SMILES string of the molecule is CN(Cc1cccc2ccccc12)C(=O)CC(O)(c1nccn1C)C(F)(F)F. The molecule has 3 aromatic rings. The molecule has 3 rings (SSSR count). The molecule has 0 bridgehead atoms. The molecule has 1 heterocycles. The normalized spacial score (nSPS) is 14.1. The Morgan fingerprint density at radius 3 is 2.50 bits per heavy atom. The van der Waals surface area contributed by atoms with Crippen LogP contribution < -0.4 is 0 Å². The Morgan fingerprint density at radius 2 is 1.86 bits per heavy atom. The number of nitrogens with zero attached hydrogens (tertiary/aromatic N) is 3. The number of amides is 1. The quantitative estimate of drug-likeness (QED) is 0.726. The summed E-state index contributed by atoms with van der Waals surface area (Å²) in [4.78, 5) is 17.4. The molecule has 1 atom stereocenters. The topological polar surface area (TPSA) is 58.4 Å². The lowest BCUT2D eigenvalue weighted by molar-refractivity contribution is -0.271. The number of carbonyl (C=O) groups is 1. The summed E-state index contributed by atoms with van der Waals surface area (Å²) in [6, 6.07) is 13.1. The summed E-state index contributed by atoms with van der Waals surface area (Å²) in [6.45, 7) is 0.120. The second-order valence-corrected chi connectivity index (χ2v) is 6.78. The highest BCUT2D eigenvalue weighted by Gasteiger charge is 2.58. The van der Waals surface area contributed by atoms with E-state index in [1.165, 1.54) is 25.2 Å². The number of rotatable bonds is 5. The van der Waals surface area contributed by atoms with E-state index >= 15 is 0 Å². The molecule has 0 aliphatic carbocycles. The molecule has 1 aromatic heterocycles. The zero-order valence-electron chi connectivity index (χ0n) is 15.4. The lowest BCUT2D eigenvalue weighted by Gasteiger charge is -2.31. The molecule has 1 N–H and O–H groups in total. The molecule has 5 nitrogen and oxygen atoms in total. The first-order valence-electron chi connectivity index (χ1n) is 8.61. The molecule has 148 valence electrons. The van der Waals surface area contributed by atoms with Crippen molar-refractivity contribution in [2.24, 2.45) is 7.05 Å². The summed E-state index contributed by atoms with van der Waals surface area (Å²) in [5, 5.41) is 12.3. The van der Waals surface area contributed by atoms with Gasteiger partial charge >= 0.3 is 6.18 Å². The van der Waals surface area contributed by atoms with Crippen molar-refractivity contribution in [2.75, 3.05) is 7.05 Å². The number of aromatic nitrogens is 2. The summed E-state index contributed by atoms with van der Waals surface area (Å²) in [7, 11) is 2.75. The third-order valence-corrected chi connectivity index (χ3v) is 4.78. The zero-order chi connectivity index (χ0) is 20.5. The van der Waals surface area contributed by atoms with Crippen molar-refractivity contribution in [2.45, 2.75) is 24.7 Å². The van der Waals surface area contributed by atoms with Crippen LogP contribution in [0.3, 0.4) is 0 Å². The van der Waals surface area contributed by atoms with Crippen molar-refractivity contribution in [3.8, 4) is 0 Å². The van der Waals surface area contributed by atoms with Crippen molar-refractivity contribution in [3.05, 3.63) is 66.2 Å². The third kappa shape index (κ3) is 3.60. The molecular weight excluding hydrogens is 371 g/mol. The van der Waals surface area contributed by atoms with Crippen molar-refractivity contribution in [1.82, 2.24) is 14.5 Å². The Hall–Kier alpha value is -2.87. The van der Waals surface area contributed by atoms with Gasteiger partial charge in [-0.05, 0) is 16.3 Å². The van der Waals surface area contributed by atoms with Crippen LogP contribution in [-0.2, 0) is 24.0 Å². The summed E-state index contributed by atoms with van der Waals surface area (Å²) in [5.74, 6) is -1.46. The van der Waals surface area contributed by atoms with Crippen LogP contribution in [0.25, 0.3) is 10.8 Å². The van der Waals surface area contributed by atoms with Gasteiger partial charge in [-0.3, -0.25) is 4.79 Å². The van der Waals surface area contributed by atoms with Crippen molar-refractivity contribution < 1.29 is 23.1 Å². The van der Waals surface area contributed by atoms with E-state index in [9.17, 15) is 23.1 Å². The average Bonchev–Trinajstić information content (AvgIpc) is 3.07. The number of carbonyl (C=O) groups excluding carboxylic acids is 1. The number of alkyl halides is 3. The minimum atomic E-state index is -5.05. The predicted molar refractivity (Wildman–Crippen MR) is 98.2 cm³/mol. The van der Waals surface area contributed by atoms with Gasteiger partial charge in [0.05, 0.1) is 6.42 Å². The van der Waals surface area contributed by atoms with Gasteiger partial charge in [0, 0.05) is 33.0 Å². The van der Waals surface area contributed by atoms with Gasteiger partial charge in [0.15, 0.2) is 5.82 Å². The summed E-state index contributed by atoms with van der Waals surface area (Å²) < 4.78 is 42.0. The van der Waals surface area contributed by atoms with E-state index in [1.807, 2.05) is 42.5 Å². The number of imidazole rings is 1. The molecule has 0 saturated carbocycles. The minimum absolute atomic E-state index is 0.120. The van der Waals surface area contributed by atoms with Crippen LogP contribution in [-0.4, -0.2) is 38.7 Å². The van der Waals surface area contributed by atoms with Gasteiger partial charge in [0.2, 0.25) is 11.5 Å². The number of hydrogen-bond donors (Lipinski definition) is 1. The first kappa shape index (κ1) is 19.9. The molecule has 1 unspecified atom stereocenters. The Morgan fingerprint density at radius 1 is 1.18 bits per heavy atom. The number of aliphatic hydroxyl groups is 1. The van der Waals surface area contributed by atoms with E-state index < -0.39 is 29.9 Å². The summed E-state index contributed by atoms with van der Waals surface area (Å²) >= 11 is 0. The van der Waals surface area contributed by atoms with Gasteiger partial charge in [-0.2, -0.15) is 13.2 Å². The van der Waals surface area contributed by atoms with Crippen LogP contribution in [0.1, 0.15) is 17.8 Å². The number of halogens is 3. The molecule has 1 amide bonds. The molecule has 28 heavy (non-hydrogen) atoms. The second kappa shape index (κ2) is 7.27. The molecule has 2 aromatic carbocycles. The lowest BCUT2D eigenvalue weighted by atomic mass is 9.96. The Bertz CT molecular complexity index is 994. The fraction of sp³-hybridized carbons (Fsp3) is 0.300. The minimum Gasteiger partial charge on any atom is -0.374 e. The first-order valence-corrected chi connectivity index (χ1v) is 8.61. The Labute approximate surface area is 160 Å². The van der Waals surface area contributed by atoms with Crippen LogP contribution in [0.5, 0.6) is 0 Å². The average molecular weight is 391 g/mol. The maximum Gasteiger partial charge on any atom is 0.425 e. The molecule has 0 aliphatic heterocycles. The smallest absolute Gasteiger partial charge is 0.374 e. The number of aryl methyl sites for hydroxylation is 1.